The van der Waals surface area contributed by atoms with Gasteiger partial charge in [-0.05, 0) is 64.8 Å². The van der Waals surface area contributed by atoms with Crippen LogP contribution in [0.5, 0.6) is 0 Å². The van der Waals surface area contributed by atoms with E-state index in [1.807, 2.05) is 39.1 Å². The van der Waals surface area contributed by atoms with Crippen molar-refractivity contribution in [3.05, 3.63) is 47.9 Å². The smallest absolute Gasteiger partial charge is 0.410 e. The van der Waals surface area contributed by atoms with Gasteiger partial charge in [0.15, 0.2) is 0 Å². The summed E-state index contributed by atoms with van der Waals surface area (Å²) in [7, 11) is 0. The van der Waals surface area contributed by atoms with E-state index in [-0.39, 0.29) is 6.09 Å². The third-order valence-corrected chi connectivity index (χ3v) is 5.99. The van der Waals surface area contributed by atoms with E-state index in [0.29, 0.717) is 24.8 Å². The largest absolute Gasteiger partial charge is 0.444 e. The number of aromatic nitrogens is 2. The average molecular weight is 463 g/mol. The third kappa shape index (κ3) is 5.80. The van der Waals surface area contributed by atoms with E-state index in [1.165, 1.54) is 0 Å². The molecule has 180 valence electrons. The number of aliphatic imine (C=N–C) groups is 1. The van der Waals surface area contributed by atoms with E-state index in [4.69, 9.17) is 20.4 Å². The zero-order valence-electron chi connectivity index (χ0n) is 20.3. The topological polar surface area (TPSA) is 106 Å². The van der Waals surface area contributed by atoms with E-state index in [9.17, 15) is 4.79 Å². The summed E-state index contributed by atoms with van der Waals surface area (Å²) in [4.78, 5) is 28.4. The van der Waals surface area contributed by atoms with Crippen LogP contribution in [-0.4, -0.2) is 65.0 Å². The lowest BCUT2D eigenvalue weighted by atomic mass is 9.98. The number of carbonyl (C=O) groups excluding carboxylic acids is 1. The van der Waals surface area contributed by atoms with Gasteiger partial charge in [0.1, 0.15) is 5.60 Å². The molecule has 1 amide bonds. The van der Waals surface area contributed by atoms with Crippen LogP contribution in [0.2, 0.25) is 0 Å². The molecule has 0 aliphatic carbocycles. The van der Waals surface area contributed by atoms with Crippen LogP contribution in [0, 0.1) is 0 Å². The highest BCUT2D eigenvalue weighted by Gasteiger charge is 2.24. The van der Waals surface area contributed by atoms with Crippen molar-refractivity contribution in [2.24, 2.45) is 10.7 Å². The number of benzene rings is 1. The van der Waals surface area contributed by atoms with Gasteiger partial charge in [-0.15, -0.1) is 0 Å². The van der Waals surface area contributed by atoms with Crippen LogP contribution < -0.4 is 11.1 Å². The maximum absolute atomic E-state index is 12.4. The summed E-state index contributed by atoms with van der Waals surface area (Å²) >= 11 is 0. The number of carbonyl (C=O) groups is 1. The molecule has 1 saturated heterocycles. The number of para-hydroxylation sites is 1. The van der Waals surface area contributed by atoms with Crippen molar-refractivity contribution < 1.29 is 9.53 Å². The molecule has 0 atom stereocenters. The number of piperidine rings is 1. The molecular weight excluding hydrogens is 428 g/mol. The highest BCUT2D eigenvalue weighted by atomic mass is 16.6. The van der Waals surface area contributed by atoms with E-state index >= 15 is 0 Å². The van der Waals surface area contributed by atoms with Gasteiger partial charge in [-0.25, -0.2) is 9.78 Å². The molecule has 2 aromatic rings. The molecule has 2 aliphatic rings. The minimum Gasteiger partial charge on any atom is -0.444 e. The van der Waals surface area contributed by atoms with Crippen LogP contribution >= 0.6 is 0 Å². The number of nitrogens with one attached hydrogen (secondary N) is 1. The Morgan fingerprint density at radius 3 is 2.76 bits per heavy atom. The highest BCUT2D eigenvalue weighted by molar-refractivity contribution is 6.09. The molecule has 3 N–H and O–H groups in total. The molecule has 0 spiro atoms. The molecule has 0 bridgehead atoms. The van der Waals surface area contributed by atoms with Gasteiger partial charge in [0.2, 0.25) is 0 Å². The maximum Gasteiger partial charge on any atom is 0.410 e. The third-order valence-electron chi connectivity index (χ3n) is 5.99. The van der Waals surface area contributed by atoms with Crippen molar-refractivity contribution in [3.8, 4) is 0 Å². The second-order valence-corrected chi connectivity index (χ2v) is 9.72. The Balaban J connectivity index is 1.57. The summed E-state index contributed by atoms with van der Waals surface area (Å²) in [6, 6.07) is 6.32. The highest BCUT2D eigenvalue weighted by Crippen LogP contribution is 2.29. The lowest BCUT2D eigenvalue weighted by Crippen LogP contribution is -2.39. The van der Waals surface area contributed by atoms with Gasteiger partial charge in [-0.2, -0.15) is 0 Å². The monoisotopic (exact) mass is 462 g/mol. The SMILES string of the molecule is CC(C)(C)OC(=O)N1CC=C(c2cccc3ncc(C(C=NC4CCNCC4)=CN)nc23)CC1. The number of ether oxygens (including phenoxy) is 1. The Labute approximate surface area is 201 Å². The molecule has 3 heterocycles. The van der Waals surface area contributed by atoms with Gasteiger partial charge in [-0.1, -0.05) is 18.2 Å². The molecule has 0 saturated carbocycles. The van der Waals surface area contributed by atoms with Gasteiger partial charge < -0.3 is 20.7 Å². The number of nitrogens with zero attached hydrogens (tertiary/aromatic N) is 4. The summed E-state index contributed by atoms with van der Waals surface area (Å²) < 4.78 is 5.51. The molecule has 8 nitrogen and oxygen atoms in total. The Kier molecular flexibility index (Phi) is 7.26. The van der Waals surface area contributed by atoms with Gasteiger partial charge in [0.05, 0.1) is 29.0 Å². The van der Waals surface area contributed by atoms with E-state index in [0.717, 1.165) is 60.1 Å². The minimum absolute atomic E-state index is 0.284. The predicted octanol–water partition coefficient (Wildman–Crippen LogP) is 3.78. The van der Waals surface area contributed by atoms with Crippen LogP contribution in [0.15, 0.2) is 41.7 Å². The lowest BCUT2D eigenvalue weighted by molar-refractivity contribution is 0.0270. The molecule has 8 heteroatoms. The van der Waals surface area contributed by atoms with Gasteiger partial charge in [-0.3, -0.25) is 9.98 Å². The van der Waals surface area contributed by atoms with Crippen LogP contribution in [-0.2, 0) is 4.74 Å². The first-order valence-corrected chi connectivity index (χ1v) is 11.9. The van der Waals surface area contributed by atoms with Crippen molar-refractivity contribution in [1.82, 2.24) is 20.2 Å². The minimum atomic E-state index is -0.506. The number of amides is 1. The first-order chi connectivity index (χ1) is 16.3. The van der Waals surface area contributed by atoms with Crippen molar-refractivity contribution >= 4 is 34.5 Å². The molecule has 0 radical (unpaired) electrons. The normalized spacial score (nSPS) is 18.4. The van der Waals surface area contributed by atoms with Gasteiger partial charge >= 0.3 is 6.09 Å². The average Bonchev–Trinajstić information content (AvgIpc) is 2.84. The van der Waals surface area contributed by atoms with Gasteiger partial charge in [0.25, 0.3) is 0 Å². The zero-order chi connectivity index (χ0) is 24.1. The van der Waals surface area contributed by atoms with Crippen molar-refractivity contribution in [1.29, 1.82) is 0 Å². The van der Waals surface area contributed by atoms with Crippen molar-refractivity contribution in [2.75, 3.05) is 26.2 Å². The number of rotatable bonds is 4. The molecule has 4 rings (SSSR count). The Hall–Kier alpha value is -3.26. The fourth-order valence-corrected chi connectivity index (χ4v) is 4.17. The van der Waals surface area contributed by atoms with Crippen LogP contribution in [0.3, 0.4) is 0 Å². The molecule has 1 aromatic carbocycles. The number of fused-ring (bicyclic) bond motifs is 1. The quantitative estimate of drug-likeness (QED) is 0.670. The second-order valence-electron chi connectivity index (χ2n) is 9.72. The fourth-order valence-electron chi connectivity index (χ4n) is 4.17. The Bertz CT molecular complexity index is 1130. The molecule has 1 aromatic heterocycles. The lowest BCUT2D eigenvalue weighted by Gasteiger charge is -2.29. The van der Waals surface area contributed by atoms with Crippen LogP contribution in [0.4, 0.5) is 4.79 Å². The second kappa shape index (κ2) is 10.3. The first-order valence-electron chi connectivity index (χ1n) is 11.9. The number of allylic oxidation sites excluding steroid dienone is 1. The Morgan fingerprint density at radius 1 is 1.29 bits per heavy atom. The van der Waals surface area contributed by atoms with Gasteiger partial charge in [0, 0.05) is 36.6 Å². The summed E-state index contributed by atoms with van der Waals surface area (Å²) in [5.41, 5.74) is 10.7. The standard InChI is InChI=1S/C26H34N6O2/c1-26(2,3)34-25(33)32-13-9-18(10-14-32)21-5-4-6-22-24(21)31-23(17-30-22)19(15-27)16-29-20-7-11-28-12-8-20/h4-6,9,15-17,20,28H,7-8,10-14,27H2,1-3H3. The predicted molar refractivity (Wildman–Crippen MR) is 136 cm³/mol. The Morgan fingerprint density at radius 2 is 2.09 bits per heavy atom. The number of hydrogen-bond acceptors (Lipinski definition) is 7. The molecule has 1 fully saturated rings. The van der Waals surface area contributed by atoms with Crippen LogP contribution in [0.25, 0.3) is 22.2 Å². The summed E-state index contributed by atoms with van der Waals surface area (Å²) in [6.07, 6.45) is 9.68. The zero-order valence-corrected chi connectivity index (χ0v) is 20.3. The van der Waals surface area contributed by atoms with E-state index in [2.05, 4.69) is 22.4 Å². The van der Waals surface area contributed by atoms with E-state index in [1.54, 1.807) is 17.3 Å². The summed E-state index contributed by atoms with van der Waals surface area (Å²) in [5.74, 6) is 0. The number of nitrogens with two attached hydrogens (primary N) is 1. The number of hydrogen-bond donors (Lipinski definition) is 2. The fraction of sp³-hybridized carbons (Fsp3) is 0.462. The first kappa shape index (κ1) is 23.9. The summed E-state index contributed by atoms with van der Waals surface area (Å²) in [5, 5.41) is 3.35. The van der Waals surface area contributed by atoms with E-state index < -0.39 is 5.60 Å². The molecule has 34 heavy (non-hydrogen) atoms. The molecular formula is C26H34N6O2. The maximum atomic E-state index is 12.4. The van der Waals surface area contributed by atoms with Crippen molar-refractivity contribution in [2.45, 2.75) is 51.7 Å². The van der Waals surface area contributed by atoms with Crippen molar-refractivity contribution in [3.63, 3.8) is 0 Å². The van der Waals surface area contributed by atoms with Crippen LogP contribution in [0.1, 0.15) is 51.3 Å². The molecule has 0 unspecified atom stereocenters. The summed E-state index contributed by atoms with van der Waals surface area (Å²) in [6.45, 7) is 8.72. The molecule has 2 aliphatic heterocycles.